The fraction of sp³-hybridized carbons (Fsp3) is 0.308. The second-order valence-electron chi connectivity index (χ2n) is 3.93. The number of halogens is 1. The molecule has 1 aromatic carbocycles. The van der Waals surface area contributed by atoms with Crippen LogP contribution in [0.5, 0.6) is 0 Å². The molecule has 0 bridgehead atoms. The Bertz CT molecular complexity index is 490. The standard InChI is InChI=1S/C13H14FNOS/c1-9-13(10(2)16-15-9)8-17-7-11-4-3-5-12(14)6-11/h3-6H,7-8H2,1-2H3. The quantitative estimate of drug-likeness (QED) is 0.825. The van der Waals surface area contributed by atoms with Crippen LogP contribution in [0.1, 0.15) is 22.6 Å². The van der Waals surface area contributed by atoms with Crippen LogP contribution in [0.2, 0.25) is 0 Å². The second kappa shape index (κ2) is 5.36. The average molecular weight is 251 g/mol. The van der Waals surface area contributed by atoms with Gasteiger partial charge in [0.2, 0.25) is 0 Å². The summed E-state index contributed by atoms with van der Waals surface area (Å²) in [6.45, 7) is 3.85. The SMILES string of the molecule is Cc1noc(C)c1CSCc1cccc(F)c1. The molecule has 1 aromatic heterocycles. The largest absolute Gasteiger partial charge is 0.361 e. The molecule has 0 radical (unpaired) electrons. The maximum absolute atomic E-state index is 13.0. The summed E-state index contributed by atoms with van der Waals surface area (Å²) in [5.74, 6) is 2.33. The van der Waals surface area contributed by atoms with Crippen LogP contribution >= 0.6 is 11.8 Å². The van der Waals surface area contributed by atoms with Gasteiger partial charge in [-0.3, -0.25) is 0 Å². The maximum atomic E-state index is 13.0. The Kier molecular flexibility index (Phi) is 3.84. The predicted octanol–water partition coefficient (Wildman–Crippen LogP) is 3.86. The average Bonchev–Trinajstić information content (AvgIpc) is 2.61. The fourth-order valence-electron chi connectivity index (χ4n) is 1.61. The summed E-state index contributed by atoms with van der Waals surface area (Å²) in [6.07, 6.45) is 0. The van der Waals surface area contributed by atoms with E-state index in [1.807, 2.05) is 19.9 Å². The molecule has 90 valence electrons. The van der Waals surface area contributed by atoms with Crippen LogP contribution in [-0.2, 0) is 11.5 Å². The van der Waals surface area contributed by atoms with Gasteiger partial charge in [-0.25, -0.2) is 4.39 Å². The van der Waals surface area contributed by atoms with E-state index in [-0.39, 0.29) is 5.82 Å². The molecule has 2 aromatic rings. The van der Waals surface area contributed by atoms with Crippen molar-refractivity contribution < 1.29 is 8.91 Å². The van der Waals surface area contributed by atoms with Crippen molar-refractivity contribution in [2.24, 2.45) is 0 Å². The maximum Gasteiger partial charge on any atom is 0.137 e. The highest BCUT2D eigenvalue weighted by Crippen LogP contribution is 2.22. The number of nitrogens with zero attached hydrogens (tertiary/aromatic N) is 1. The summed E-state index contributed by atoms with van der Waals surface area (Å²) >= 11 is 1.73. The van der Waals surface area contributed by atoms with Gasteiger partial charge in [-0.05, 0) is 31.5 Å². The molecule has 0 amide bonds. The number of aryl methyl sites for hydroxylation is 2. The van der Waals surface area contributed by atoms with Gasteiger partial charge in [0.15, 0.2) is 0 Å². The smallest absolute Gasteiger partial charge is 0.137 e. The summed E-state index contributed by atoms with van der Waals surface area (Å²) in [5, 5.41) is 3.91. The first-order valence-electron chi connectivity index (χ1n) is 5.41. The Balaban J connectivity index is 1.92. The predicted molar refractivity (Wildman–Crippen MR) is 67.4 cm³/mol. The lowest BCUT2D eigenvalue weighted by atomic mass is 10.2. The van der Waals surface area contributed by atoms with Crippen molar-refractivity contribution in [2.45, 2.75) is 25.4 Å². The fourth-order valence-corrected chi connectivity index (χ4v) is 2.74. The summed E-state index contributed by atoms with van der Waals surface area (Å²) in [5.41, 5.74) is 3.09. The number of aromatic nitrogens is 1. The third-order valence-electron chi connectivity index (χ3n) is 2.59. The van der Waals surface area contributed by atoms with Gasteiger partial charge < -0.3 is 4.52 Å². The van der Waals surface area contributed by atoms with Crippen molar-refractivity contribution in [3.05, 3.63) is 52.7 Å². The summed E-state index contributed by atoms with van der Waals surface area (Å²) in [7, 11) is 0. The van der Waals surface area contributed by atoms with E-state index in [4.69, 9.17) is 4.52 Å². The lowest BCUT2D eigenvalue weighted by molar-refractivity contribution is 0.392. The highest BCUT2D eigenvalue weighted by molar-refractivity contribution is 7.97. The Morgan fingerprint density at radius 3 is 2.76 bits per heavy atom. The van der Waals surface area contributed by atoms with Gasteiger partial charge in [-0.2, -0.15) is 11.8 Å². The molecule has 0 atom stereocenters. The van der Waals surface area contributed by atoms with Crippen molar-refractivity contribution in [2.75, 3.05) is 0 Å². The molecule has 4 heteroatoms. The molecule has 0 spiro atoms. The van der Waals surface area contributed by atoms with E-state index in [9.17, 15) is 4.39 Å². The molecule has 17 heavy (non-hydrogen) atoms. The van der Waals surface area contributed by atoms with Crippen LogP contribution in [0, 0.1) is 19.7 Å². The number of rotatable bonds is 4. The van der Waals surface area contributed by atoms with E-state index in [2.05, 4.69) is 5.16 Å². The second-order valence-corrected chi connectivity index (χ2v) is 4.91. The van der Waals surface area contributed by atoms with Crippen molar-refractivity contribution >= 4 is 11.8 Å². The van der Waals surface area contributed by atoms with E-state index in [1.165, 1.54) is 6.07 Å². The zero-order chi connectivity index (χ0) is 12.3. The van der Waals surface area contributed by atoms with Crippen molar-refractivity contribution in [1.29, 1.82) is 0 Å². The normalized spacial score (nSPS) is 10.8. The molecule has 0 unspecified atom stereocenters. The highest BCUT2D eigenvalue weighted by Gasteiger charge is 2.08. The molecule has 0 aliphatic heterocycles. The van der Waals surface area contributed by atoms with Gasteiger partial charge in [0.1, 0.15) is 11.6 Å². The van der Waals surface area contributed by atoms with E-state index < -0.39 is 0 Å². The molecule has 0 saturated carbocycles. The zero-order valence-electron chi connectivity index (χ0n) is 9.87. The Labute approximate surface area is 104 Å². The molecule has 2 nitrogen and oxygen atoms in total. The van der Waals surface area contributed by atoms with Crippen LogP contribution in [0.3, 0.4) is 0 Å². The van der Waals surface area contributed by atoms with Crippen molar-refractivity contribution in [3.63, 3.8) is 0 Å². The molecule has 0 fully saturated rings. The summed E-state index contributed by atoms with van der Waals surface area (Å²) in [6, 6.07) is 6.70. The molecule has 0 aliphatic rings. The van der Waals surface area contributed by atoms with Gasteiger partial charge in [-0.15, -0.1) is 0 Å². The number of hydrogen-bond acceptors (Lipinski definition) is 3. The van der Waals surface area contributed by atoms with E-state index in [0.29, 0.717) is 0 Å². The van der Waals surface area contributed by atoms with E-state index >= 15 is 0 Å². The molecular formula is C13H14FNOS. The van der Waals surface area contributed by atoms with Crippen molar-refractivity contribution in [3.8, 4) is 0 Å². The van der Waals surface area contributed by atoms with Crippen LogP contribution in [-0.4, -0.2) is 5.16 Å². The van der Waals surface area contributed by atoms with Crippen LogP contribution < -0.4 is 0 Å². The lowest BCUT2D eigenvalue weighted by Crippen LogP contribution is -1.87. The Morgan fingerprint density at radius 2 is 2.12 bits per heavy atom. The highest BCUT2D eigenvalue weighted by atomic mass is 32.2. The number of hydrogen-bond donors (Lipinski definition) is 0. The topological polar surface area (TPSA) is 26.0 Å². The lowest BCUT2D eigenvalue weighted by Gasteiger charge is -2.02. The number of benzene rings is 1. The Hall–Kier alpha value is -1.29. The van der Waals surface area contributed by atoms with E-state index in [1.54, 1.807) is 23.9 Å². The van der Waals surface area contributed by atoms with E-state index in [0.717, 1.165) is 34.1 Å². The third-order valence-corrected chi connectivity index (χ3v) is 3.62. The molecule has 1 heterocycles. The van der Waals surface area contributed by atoms with Gasteiger partial charge in [0.25, 0.3) is 0 Å². The first-order chi connectivity index (χ1) is 8.16. The van der Waals surface area contributed by atoms with Crippen LogP contribution in [0.4, 0.5) is 4.39 Å². The summed E-state index contributed by atoms with van der Waals surface area (Å²) < 4.78 is 18.1. The minimum Gasteiger partial charge on any atom is -0.361 e. The summed E-state index contributed by atoms with van der Waals surface area (Å²) in [4.78, 5) is 0. The monoisotopic (exact) mass is 251 g/mol. The first-order valence-corrected chi connectivity index (χ1v) is 6.56. The van der Waals surface area contributed by atoms with Gasteiger partial charge in [0.05, 0.1) is 5.69 Å². The van der Waals surface area contributed by atoms with Gasteiger partial charge in [0, 0.05) is 17.1 Å². The first kappa shape index (κ1) is 12.2. The van der Waals surface area contributed by atoms with Gasteiger partial charge >= 0.3 is 0 Å². The van der Waals surface area contributed by atoms with Crippen molar-refractivity contribution in [1.82, 2.24) is 5.16 Å². The Morgan fingerprint density at radius 1 is 1.29 bits per heavy atom. The third kappa shape index (κ3) is 3.09. The molecule has 0 saturated heterocycles. The molecule has 0 aliphatic carbocycles. The molecule has 2 rings (SSSR count). The molecular weight excluding hydrogens is 237 g/mol. The minimum atomic E-state index is -0.180. The van der Waals surface area contributed by atoms with Crippen LogP contribution in [0.15, 0.2) is 28.8 Å². The zero-order valence-corrected chi connectivity index (χ0v) is 10.7. The molecule has 0 N–H and O–H groups in total. The van der Waals surface area contributed by atoms with Crippen LogP contribution in [0.25, 0.3) is 0 Å². The minimum absolute atomic E-state index is 0.180. The van der Waals surface area contributed by atoms with Gasteiger partial charge in [-0.1, -0.05) is 17.3 Å². The number of thioether (sulfide) groups is 1.